The van der Waals surface area contributed by atoms with Gasteiger partial charge in [-0.05, 0) is 50.2 Å². The number of nitrogens with zero attached hydrogens (tertiary/aromatic N) is 3. The summed E-state index contributed by atoms with van der Waals surface area (Å²) in [5.41, 5.74) is 0.687. The van der Waals surface area contributed by atoms with E-state index in [9.17, 15) is 4.79 Å². The summed E-state index contributed by atoms with van der Waals surface area (Å²) in [6, 6.07) is 5.27. The molecule has 2 amide bonds. The van der Waals surface area contributed by atoms with Crippen LogP contribution in [0.25, 0.3) is 0 Å². The van der Waals surface area contributed by atoms with Crippen molar-refractivity contribution in [3.63, 3.8) is 0 Å². The number of benzene rings is 1. The number of likely N-dealkylation sites (tertiary alicyclic amines) is 1. The monoisotopic (exact) mass is 444 g/mol. The van der Waals surface area contributed by atoms with Crippen LogP contribution in [0.5, 0.6) is 11.5 Å². The molecule has 0 saturated carbocycles. The van der Waals surface area contributed by atoms with Gasteiger partial charge in [0, 0.05) is 50.4 Å². The Morgan fingerprint density at radius 3 is 2.59 bits per heavy atom. The number of rotatable bonds is 7. The zero-order valence-corrected chi connectivity index (χ0v) is 18.8. The number of hydrogen-bond donors (Lipinski definition) is 1. The topological polar surface area (TPSA) is 99.0 Å². The van der Waals surface area contributed by atoms with Gasteiger partial charge in [-0.1, -0.05) is 5.16 Å². The summed E-state index contributed by atoms with van der Waals surface area (Å²) >= 11 is 0. The number of aromatic nitrogens is 2. The van der Waals surface area contributed by atoms with E-state index in [1.165, 1.54) is 0 Å². The second-order valence-electron chi connectivity index (χ2n) is 8.40. The Bertz CT molecular complexity index is 888. The number of anilines is 1. The van der Waals surface area contributed by atoms with Crippen LogP contribution < -0.4 is 14.8 Å². The molecule has 1 N–H and O–H groups in total. The predicted octanol–water partition coefficient (Wildman–Crippen LogP) is 3.86. The van der Waals surface area contributed by atoms with Crippen molar-refractivity contribution in [1.82, 2.24) is 15.0 Å². The molecule has 9 nitrogen and oxygen atoms in total. The summed E-state index contributed by atoms with van der Waals surface area (Å²) < 4.78 is 21.4. The lowest BCUT2D eigenvalue weighted by atomic mass is 9.92. The van der Waals surface area contributed by atoms with E-state index < -0.39 is 0 Å². The van der Waals surface area contributed by atoms with Crippen LogP contribution in [0.2, 0.25) is 0 Å². The molecular weight excluding hydrogens is 412 g/mol. The first-order chi connectivity index (χ1) is 15.7. The average Bonchev–Trinajstić information content (AvgIpc) is 3.32. The van der Waals surface area contributed by atoms with Crippen LogP contribution in [-0.4, -0.2) is 61.6 Å². The molecule has 2 aliphatic rings. The fourth-order valence-corrected chi connectivity index (χ4v) is 4.36. The SMILES string of the molecule is COc1ccc(NC(=O)N2CCC(CCc3nc(C4CCOCC4)no3)CC2)cc1OC. The number of nitrogens with one attached hydrogen (secondary N) is 1. The Morgan fingerprint density at radius 1 is 1.12 bits per heavy atom. The van der Waals surface area contributed by atoms with Gasteiger partial charge in [0.25, 0.3) is 0 Å². The van der Waals surface area contributed by atoms with Gasteiger partial charge in [-0.2, -0.15) is 4.98 Å². The van der Waals surface area contributed by atoms with Crippen molar-refractivity contribution in [3.8, 4) is 11.5 Å². The third-order valence-corrected chi connectivity index (χ3v) is 6.37. The van der Waals surface area contributed by atoms with Crippen molar-refractivity contribution in [3.05, 3.63) is 29.9 Å². The van der Waals surface area contributed by atoms with Gasteiger partial charge >= 0.3 is 6.03 Å². The van der Waals surface area contributed by atoms with Crippen LogP contribution in [0.3, 0.4) is 0 Å². The lowest BCUT2D eigenvalue weighted by Crippen LogP contribution is -2.41. The summed E-state index contributed by atoms with van der Waals surface area (Å²) in [5.74, 6) is 3.68. The second kappa shape index (κ2) is 10.7. The zero-order valence-electron chi connectivity index (χ0n) is 18.8. The van der Waals surface area contributed by atoms with Gasteiger partial charge < -0.3 is 29.0 Å². The maximum atomic E-state index is 12.7. The number of methoxy groups -OCH3 is 2. The van der Waals surface area contributed by atoms with Gasteiger partial charge in [-0.25, -0.2) is 4.79 Å². The average molecular weight is 445 g/mol. The Hall–Kier alpha value is -2.81. The summed E-state index contributed by atoms with van der Waals surface area (Å²) in [7, 11) is 3.16. The molecule has 2 aliphatic heterocycles. The fraction of sp³-hybridized carbons (Fsp3) is 0.609. The maximum absolute atomic E-state index is 12.7. The first-order valence-electron chi connectivity index (χ1n) is 11.3. The van der Waals surface area contributed by atoms with E-state index in [1.807, 2.05) is 11.0 Å². The minimum Gasteiger partial charge on any atom is -0.493 e. The molecule has 2 fully saturated rings. The minimum absolute atomic E-state index is 0.0892. The van der Waals surface area contributed by atoms with Crippen LogP contribution in [0.1, 0.15) is 49.7 Å². The van der Waals surface area contributed by atoms with Gasteiger partial charge in [0.2, 0.25) is 5.89 Å². The molecule has 0 aliphatic carbocycles. The molecule has 174 valence electrons. The van der Waals surface area contributed by atoms with E-state index >= 15 is 0 Å². The van der Waals surface area contributed by atoms with Gasteiger partial charge in [0.15, 0.2) is 17.3 Å². The summed E-state index contributed by atoms with van der Waals surface area (Å²) in [4.78, 5) is 19.1. The van der Waals surface area contributed by atoms with Gasteiger partial charge in [-0.15, -0.1) is 0 Å². The zero-order chi connectivity index (χ0) is 22.3. The van der Waals surface area contributed by atoms with Crippen LogP contribution in [0.4, 0.5) is 10.5 Å². The molecule has 3 heterocycles. The van der Waals surface area contributed by atoms with Crippen LogP contribution in [0.15, 0.2) is 22.7 Å². The molecule has 0 atom stereocenters. The molecule has 0 radical (unpaired) electrons. The highest BCUT2D eigenvalue weighted by Crippen LogP contribution is 2.30. The highest BCUT2D eigenvalue weighted by Gasteiger charge is 2.25. The van der Waals surface area contributed by atoms with Crippen molar-refractivity contribution < 1.29 is 23.5 Å². The van der Waals surface area contributed by atoms with E-state index in [-0.39, 0.29) is 6.03 Å². The van der Waals surface area contributed by atoms with Gasteiger partial charge in [0.05, 0.1) is 14.2 Å². The summed E-state index contributed by atoms with van der Waals surface area (Å²) in [6.45, 7) is 3.02. The highest BCUT2D eigenvalue weighted by atomic mass is 16.5. The smallest absolute Gasteiger partial charge is 0.321 e. The van der Waals surface area contributed by atoms with Gasteiger partial charge in [0.1, 0.15) is 0 Å². The van der Waals surface area contributed by atoms with Crippen molar-refractivity contribution in [2.24, 2.45) is 5.92 Å². The lowest BCUT2D eigenvalue weighted by Gasteiger charge is -2.32. The van der Waals surface area contributed by atoms with Crippen LogP contribution in [-0.2, 0) is 11.2 Å². The number of amides is 2. The van der Waals surface area contributed by atoms with Crippen molar-refractivity contribution >= 4 is 11.7 Å². The molecule has 0 bridgehead atoms. The molecule has 0 unspecified atom stereocenters. The number of urea groups is 1. The second-order valence-corrected chi connectivity index (χ2v) is 8.40. The largest absolute Gasteiger partial charge is 0.493 e. The number of carbonyl (C=O) groups excluding carboxylic acids is 1. The molecule has 2 aromatic rings. The predicted molar refractivity (Wildman–Crippen MR) is 118 cm³/mol. The lowest BCUT2D eigenvalue weighted by molar-refractivity contribution is 0.0830. The normalized spacial score (nSPS) is 17.9. The summed E-state index contributed by atoms with van der Waals surface area (Å²) in [5, 5.41) is 7.14. The molecule has 2 saturated heterocycles. The highest BCUT2D eigenvalue weighted by molar-refractivity contribution is 5.89. The Balaban J connectivity index is 1.21. The number of aryl methyl sites for hydroxylation is 1. The molecule has 0 spiro atoms. The quantitative estimate of drug-likeness (QED) is 0.692. The third kappa shape index (κ3) is 5.51. The first-order valence-corrected chi connectivity index (χ1v) is 11.3. The minimum atomic E-state index is -0.0892. The van der Waals surface area contributed by atoms with E-state index in [0.717, 1.165) is 76.5 Å². The number of hydrogen-bond acceptors (Lipinski definition) is 7. The number of carbonyl (C=O) groups is 1. The Kier molecular flexibility index (Phi) is 7.47. The fourth-order valence-electron chi connectivity index (χ4n) is 4.36. The van der Waals surface area contributed by atoms with Crippen LogP contribution in [0, 0.1) is 5.92 Å². The van der Waals surface area contributed by atoms with Crippen molar-refractivity contribution in [2.45, 2.75) is 44.4 Å². The Morgan fingerprint density at radius 2 is 1.88 bits per heavy atom. The van der Waals surface area contributed by atoms with E-state index in [2.05, 4.69) is 15.5 Å². The van der Waals surface area contributed by atoms with E-state index in [1.54, 1.807) is 26.4 Å². The standard InChI is InChI=1S/C23H32N4O5/c1-29-19-5-4-18(15-20(19)30-2)24-23(28)27-11-7-16(8-12-27)3-6-21-25-22(26-32-21)17-9-13-31-14-10-17/h4-5,15-17H,3,6-14H2,1-2H3,(H,24,28). The molecule has 1 aromatic heterocycles. The van der Waals surface area contributed by atoms with Crippen molar-refractivity contribution in [1.29, 1.82) is 0 Å². The van der Waals surface area contributed by atoms with Gasteiger partial charge in [-0.3, -0.25) is 0 Å². The molecule has 32 heavy (non-hydrogen) atoms. The maximum Gasteiger partial charge on any atom is 0.321 e. The number of ether oxygens (including phenoxy) is 3. The molecular formula is C23H32N4O5. The molecule has 9 heteroatoms. The van der Waals surface area contributed by atoms with E-state index in [4.69, 9.17) is 18.7 Å². The molecule has 4 rings (SSSR count). The first kappa shape index (κ1) is 22.4. The number of piperidine rings is 1. The Labute approximate surface area is 188 Å². The van der Waals surface area contributed by atoms with Crippen molar-refractivity contribution in [2.75, 3.05) is 45.8 Å². The molecule has 1 aromatic carbocycles. The third-order valence-electron chi connectivity index (χ3n) is 6.37. The van der Waals surface area contributed by atoms with E-state index in [0.29, 0.717) is 29.0 Å². The summed E-state index contributed by atoms with van der Waals surface area (Å²) in [6.07, 6.45) is 5.66. The van der Waals surface area contributed by atoms with Crippen LogP contribution >= 0.6 is 0 Å².